The highest BCUT2D eigenvalue weighted by atomic mass is 32.2. The zero-order valence-corrected chi connectivity index (χ0v) is 22.3. The molecule has 2 aliphatic rings. The summed E-state index contributed by atoms with van der Waals surface area (Å²) in [5.41, 5.74) is 3.60. The number of aromatic nitrogens is 6. The van der Waals surface area contributed by atoms with E-state index in [4.69, 9.17) is 19.8 Å². The summed E-state index contributed by atoms with van der Waals surface area (Å²) in [6, 6.07) is 5.25. The number of aryl methyl sites for hydroxylation is 1. The molecule has 3 aromatic heterocycles. The summed E-state index contributed by atoms with van der Waals surface area (Å²) >= 11 is 0. The van der Waals surface area contributed by atoms with Crippen LogP contribution in [-0.2, 0) is 27.7 Å². The molecule has 0 amide bonds. The highest BCUT2D eigenvalue weighted by Gasteiger charge is 2.34. The van der Waals surface area contributed by atoms with E-state index in [-0.39, 0.29) is 17.6 Å². The molecule has 11 nitrogen and oxygen atoms in total. The van der Waals surface area contributed by atoms with Crippen LogP contribution in [0.25, 0.3) is 11.4 Å². The van der Waals surface area contributed by atoms with Gasteiger partial charge >= 0.3 is 0 Å². The summed E-state index contributed by atoms with van der Waals surface area (Å²) in [7, 11) is -2.47. The number of rotatable bonds is 7. The van der Waals surface area contributed by atoms with E-state index in [2.05, 4.69) is 15.5 Å². The van der Waals surface area contributed by atoms with Crippen LogP contribution in [0, 0.1) is 18.6 Å². The number of nitrogens with one attached hydrogen (secondary N) is 2. The van der Waals surface area contributed by atoms with E-state index in [1.54, 1.807) is 0 Å². The highest BCUT2D eigenvalue weighted by Crippen LogP contribution is 2.48. The number of sulfone groups is 1. The quantitative estimate of drug-likeness (QED) is 0.347. The van der Waals surface area contributed by atoms with Crippen molar-refractivity contribution in [3.05, 3.63) is 52.9 Å². The van der Waals surface area contributed by atoms with Crippen LogP contribution in [0.1, 0.15) is 35.7 Å². The van der Waals surface area contributed by atoms with E-state index >= 15 is 4.39 Å². The Morgan fingerprint density at radius 2 is 1.95 bits per heavy atom. The summed E-state index contributed by atoms with van der Waals surface area (Å²) < 4.78 is 61.1. The zero-order valence-electron chi connectivity index (χ0n) is 21.5. The molecule has 6 rings (SSSR count). The molecule has 204 valence electrons. The SMILES string of the molecule is Cc1cc(Nc2nc(N(C)c3cc(F)c(S(C)(=O)=O)cc3F)nc(-c3cc4n(n3)CCOC4)c2C2CC2)n[nH]1. The second-order valence-electron chi connectivity index (χ2n) is 9.83. The fourth-order valence-electron chi connectivity index (χ4n) is 4.64. The summed E-state index contributed by atoms with van der Waals surface area (Å²) in [6.45, 7) is 3.47. The lowest BCUT2D eigenvalue weighted by atomic mass is 10.1. The molecule has 14 heteroatoms. The molecule has 1 aliphatic heterocycles. The highest BCUT2D eigenvalue weighted by molar-refractivity contribution is 7.90. The maximum Gasteiger partial charge on any atom is 0.232 e. The fraction of sp³-hybridized carbons (Fsp3) is 0.360. The predicted octanol–water partition coefficient (Wildman–Crippen LogP) is 3.97. The second-order valence-corrected chi connectivity index (χ2v) is 11.8. The number of hydrogen-bond acceptors (Lipinski definition) is 9. The molecule has 1 aromatic carbocycles. The van der Waals surface area contributed by atoms with E-state index < -0.39 is 26.4 Å². The lowest BCUT2D eigenvalue weighted by molar-refractivity contribution is 0.0801. The van der Waals surface area contributed by atoms with Crippen LogP contribution in [0.5, 0.6) is 0 Å². The number of nitrogens with zero attached hydrogens (tertiary/aromatic N) is 6. The van der Waals surface area contributed by atoms with E-state index in [9.17, 15) is 12.8 Å². The molecule has 0 bridgehead atoms. The van der Waals surface area contributed by atoms with Gasteiger partial charge in [0.15, 0.2) is 15.7 Å². The number of anilines is 4. The maximum atomic E-state index is 15.2. The largest absolute Gasteiger partial charge is 0.373 e. The van der Waals surface area contributed by atoms with Crippen LogP contribution in [0.15, 0.2) is 29.2 Å². The van der Waals surface area contributed by atoms with Crippen LogP contribution in [0.4, 0.5) is 32.1 Å². The van der Waals surface area contributed by atoms with Gasteiger partial charge in [-0.15, -0.1) is 0 Å². The van der Waals surface area contributed by atoms with Crippen LogP contribution in [0.2, 0.25) is 0 Å². The van der Waals surface area contributed by atoms with Gasteiger partial charge in [-0.2, -0.15) is 15.2 Å². The Labute approximate surface area is 223 Å². The standard InChI is InChI=1S/C25H26F2N8O3S/c1-13-8-21(32-31-13)28-24-22(14-4-5-14)23(18-9-15-12-38-7-6-35(15)33-18)29-25(30-24)34(2)19-10-17(27)20(11-16(19)26)39(3,36)37/h8-11,14H,4-7,12H2,1-3H3,(H2,28,29,30,31,32). The summed E-state index contributed by atoms with van der Waals surface area (Å²) in [4.78, 5) is 10.1. The van der Waals surface area contributed by atoms with E-state index in [1.807, 2.05) is 23.7 Å². The van der Waals surface area contributed by atoms with Gasteiger partial charge in [-0.1, -0.05) is 0 Å². The number of H-pyrrole nitrogens is 1. The minimum absolute atomic E-state index is 0.0665. The van der Waals surface area contributed by atoms with Gasteiger partial charge in [-0.25, -0.2) is 22.2 Å². The molecule has 1 aliphatic carbocycles. The Morgan fingerprint density at radius 1 is 1.15 bits per heavy atom. The van der Waals surface area contributed by atoms with Gasteiger partial charge in [0, 0.05) is 36.7 Å². The van der Waals surface area contributed by atoms with Crippen molar-refractivity contribution < 1.29 is 21.9 Å². The first-order valence-electron chi connectivity index (χ1n) is 12.4. The average Bonchev–Trinajstić information content (AvgIpc) is 3.50. The smallest absolute Gasteiger partial charge is 0.232 e. The molecule has 0 spiro atoms. The van der Waals surface area contributed by atoms with Crippen LogP contribution >= 0.6 is 0 Å². The Balaban J connectivity index is 1.51. The van der Waals surface area contributed by atoms with Crippen molar-refractivity contribution >= 4 is 33.1 Å². The van der Waals surface area contributed by atoms with Crippen LogP contribution in [0.3, 0.4) is 0 Å². The van der Waals surface area contributed by atoms with Gasteiger partial charge < -0.3 is 15.0 Å². The maximum absolute atomic E-state index is 15.2. The molecule has 4 heterocycles. The van der Waals surface area contributed by atoms with E-state index in [0.29, 0.717) is 48.8 Å². The molecule has 1 fully saturated rings. The molecule has 0 saturated heterocycles. The van der Waals surface area contributed by atoms with Crippen molar-refractivity contribution in [1.29, 1.82) is 0 Å². The average molecular weight is 557 g/mol. The Kier molecular flexibility index (Phi) is 6.10. The van der Waals surface area contributed by atoms with Gasteiger partial charge in [0.05, 0.1) is 31.1 Å². The van der Waals surface area contributed by atoms with Crippen molar-refractivity contribution in [2.24, 2.45) is 0 Å². The lowest BCUT2D eigenvalue weighted by Gasteiger charge is -2.22. The second kappa shape index (κ2) is 9.38. The van der Waals surface area contributed by atoms with Gasteiger partial charge in [0.25, 0.3) is 0 Å². The third-order valence-electron chi connectivity index (χ3n) is 6.74. The summed E-state index contributed by atoms with van der Waals surface area (Å²) in [5.74, 6) is -0.714. The third-order valence-corrected chi connectivity index (χ3v) is 7.85. The zero-order chi connectivity index (χ0) is 27.5. The number of ether oxygens (including phenoxy) is 1. The van der Waals surface area contributed by atoms with E-state index in [0.717, 1.165) is 42.1 Å². The van der Waals surface area contributed by atoms with Gasteiger partial charge in [-0.3, -0.25) is 9.78 Å². The number of hydrogen-bond donors (Lipinski definition) is 2. The Hall–Kier alpha value is -3.91. The van der Waals surface area contributed by atoms with Crippen LogP contribution in [-0.4, -0.2) is 58.3 Å². The summed E-state index contributed by atoms with van der Waals surface area (Å²) in [5, 5.41) is 15.2. The van der Waals surface area contributed by atoms with Gasteiger partial charge in [0.1, 0.15) is 33.7 Å². The third kappa shape index (κ3) is 4.85. The number of aromatic amines is 1. The molecule has 1 saturated carbocycles. The molecule has 4 aromatic rings. The van der Waals surface area contributed by atoms with Crippen molar-refractivity contribution in [1.82, 2.24) is 29.9 Å². The normalized spacial score (nSPS) is 15.3. The molecular formula is C25H26F2N8O3S. The molecule has 0 atom stereocenters. The monoisotopic (exact) mass is 556 g/mol. The lowest BCUT2D eigenvalue weighted by Crippen LogP contribution is -2.18. The fourth-order valence-corrected chi connectivity index (χ4v) is 5.37. The summed E-state index contributed by atoms with van der Waals surface area (Å²) in [6.07, 6.45) is 2.72. The molecule has 2 N–H and O–H groups in total. The minimum atomic E-state index is -3.96. The molecule has 0 radical (unpaired) electrons. The first-order valence-corrected chi connectivity index (χ1v) is 14.3. The molecule has 0 unspecified atom stereocenters. The number of fused-ring (bicyclic) bond motifs is 1. The van der Waals surface area contributed by atoms with Crippen LogP contribution < -0.4 is 10.2 Å². The number of benzene rings is 1. The number of halogens is 2. The molecule has 39 heavy (non-hydrogen) atoms. The van der Waals surface area contributed by atoms with Gasteiger partial charge in [0.2, 0.25) is 5.95 Å². The van der Waals surface area contributed by atoms with E-state index in [1.165, 1.54) is 11.9 Å². The molecular weight excluding hydrogens is 530 g/mol. The topological polar surface area (TPSA) is 131 Å². The van der Waals surface area contributed by atoms with Crippen molar-refractivity contribution in [3.8, 4) is 11.4 Å². The first-order chi connectivity index (χ1) is 18.6. The first kappa shape index (κ1) is 25.4. The van der Waals surface area contributed by atoms with Crippen molar-refractivity contribution in [2.45, 2.75) is 43.7 Å². The minimum Gasteiger partial charge on any atom is -0.373 e. The Morgan fingerprint density at radius 3 is 2.62 bits per heavy atom. The predicted molar refractivity (Wildman–Crippen MR) is 139 cm³/mol. The van der Waals surface area contributed by atoms with Crippen molar-refractivity contribution in [2.75, 3.05) is 30.1 Å². The van der Waals surface area contributed by atoms with Gasteiger partial charge in [-0.05, 0) is 37.8 Å². The van der Waals surface area contributed by atoms with Crippen molar-refractivity contribution in [3.63, 3.8) is 0 Å². The Bertz CT molecular complexity index is 1670.